The van der Waals surface area contributed by atoms with Crippen LogP contribution in [0.25, 0.3) is 0 Å². The van der Waals surface area contributed by atoms with E-state index in [1.165, 1.54) is 12.1 Å². The fourth-order valence-corrected chi connectivity index (χ4v) is 1.38. The van der Waals surface area contributed by atoms with Crippen molar-refractivity contribution in [1.29, 1.82) is 5.26 Å². The molecule has 1 N–H and O–H groups in total. The summed E-state index contributed by atoms with van der Waals surface area (Å²) in [7, 11) is 0. The summed E-state index contributed by atoms with van der Waals surface area (Å²) in [5, 5.41) is 11.7. The molecule has 0 aliphatic carbocycles. The molecule has 0 fully saturated rings. The van der Waals surface area contributed by atoms with E-state index in [4.69, 9.17) is 5.26 Å². The summed E-state index contributed by atoms with van der Waals surface area (Å²) in [6, 6.07) is 8.39. The molecular weight excluding hydrogens is 226 g/mol. The van der Waals surface area contributed by atoms with Gasteiger partial charge in [-0.25, -0.2) is 0 Å². The minimum Gasteiger partial charge on any atom is -0.435 e. The van der Waals surface area contributed by atoms with Crippen molar-refractivity contribution in [2.75, 3.05) is 5.32 Å². The second kappa shape index (κ2) is 6.69. The van der Waals surface area contributed by atoms with Crippen LogP contribution < -0.4 is 10.1 Å². The Morgan fingerprint density at radius 2 is 2.00 bits per heavy atom. The highest BCUT2D eigenvalue weighted by Crippen LogP contribution is 2.19. The van der Waals surface area contributed by atoms with Gasteiger partial charge in [0.1, 0.15) is 5.75 Å². The Hall–Kier alpha value is -1.83. The molecular formula is C12H14F2N2O. The number of halogens is 2. The summed E-state index contributed by atoms with van der Waals surface area (Å²) in [6.45, 7) is -0.834. The topological polar surface area (TPSA) is 45.0 Å². The molecule has 0 saturated heterocycles. The molecule has 0 amide bonds. The van der Waals surface area contributed by atoms with Crippen LogP contribution >= 0.6 is 0 Å². The summed E-state index contributed by atoms with van der Waals surface area (Å²) in [6.07, 6.45) is 1.23. The van der Waals surface area contributed by atoms with Gasteiger partial charge in [0, 0.05) is 11.7 Å². The van der Waals surface area contributed by atoms with Crippen LogP contribution in [0.4, 0.5) is 14.5 Å². The number of ether oxygens (including phenoxy) is 1. The van der Waals surface area contributed by atoms with Crippen molar-refractivity contribution < 1.29 is 13.5 Å². The van der Waals surface area contributed by atoms with Gasteiger partial charge in [-0.05, 0) is 30.7 Å². The smallest absolute Gasteiger partial charge is 0.387 e. The SMILES string of the molecule is CCC(CC#N)Nc1ccc(OC(F)F)cc1. The number of alkyl halides is 2. The highest BCUT2D eigenvalue weighted by molar-refractivity contribution is 5.47. The molecule has 1 aromatic carbocycles. The average Bonchev–Trinajstić information content (AvgIpc) is 2.30. The second-order valence-corrected chi connectivity index (χ2v) is 3.51. The number of benzene rings is 1. The minimum absolute atomic E-state index is 0.0712. The predicted octanol–water partition coefficient (Wildman–Crippen LogP) is 3.39. The second-order valence-electron chi connectivity index (χ2n) is 3.51. The van der Waals surface area contributed by atoms with E-state index in [2.05, 4.69) is 16.1 Å². The molecule has 0 aliphatic heterocycles. The fourth-order valence-electron chi connectivity index (χ4n) is 1.38. The maximum absolute atomic E-state index is 11.9. The summed E-state index contributed by atoms with van der Waals surface area (Å²) < 4.78 is 28.1. The third-order valence-corrected chi connectivity index (χ3v) is 2.28. The molecule has 1 aromatic rings. The maximum Gasteiger partial charge on any atom is 0.387 e. The van der Waals surface area contributed by atoms with Crippen molar-refractivity contribution in [2.45, 2.75) is 32.4 Å². The van der Waals surface area contributed by atoms with Crippen LogP contribution in [-0.2, 0) is 0 Å². The van der Waals surface area contributed by atoms with Crippen LogP contribution in [0, 0.1) is 11.3 Å². The van der Waals surface area contributed by atoms with Crippen LogP contribution in [0.5, 0.6) is 5.75 Å². The number of hydrogen-bond donors (Lipinski definition) is 1. The Morgan fingerprint density at radius 1 is 1.35 bits per heavy atom. The molecule has 0 saturated carbocycles. The lowest BCUT2D eigenvalue weighted by Crippen LogP contribution is -2.17. The Bertz CT molecular complexity index is 373. The molecule has 0 spiro atoms. The first kappa shape index (κ1) is 13.2. The molecule has 0 radical (unpaired) electrons. The molecule has 5 heteroatoms. The van der Waals surface area contributed by atoms with E-state index >= 15 is 0 Å². The number of hydrogen-bond acceptors (Lipinski definition) is 3. The van der Waals surface area contributed by atoms with Gasteiger partial charge < -0.3 is 10.1 Å². The van der Waals surface area contributed by atoms with Crippen molar-refractivity contribution in [3.8, 4) is 11.8 Å². The normalized spacial score (nSPS) is 11.9. The number of anilines is 1. The lowest BCUT2D eigenvalue weighted by molar-refractivity contribution is -0.0498. The zero-order valence-electron chi connectivity index (χ0n) is 9.49. The van der Waals surface area contributed by atoms with Crippen molar-refractivity contribution in [2.24, 2.45) is 0 Å². The van der Waals surface area contributed by atoms with Gasteiger partial charge in [-0.1, -0.05) is 6.92 Å². The molecule has 0 aromatic heterocycles. The van der Waals surface area contributed by atoms with Gasteiger partial charge in [0.15, 0.2) is 0 Å². The molecule has 92 valence electrons. The van der Waals surface area contributed by atoms with Crippen LogP contribution in [0.3, 0.4) is 0 Å². The molecule has 0 heterocycles. The van der Waals surface area contributed by atoms with Crippen molar-refractivity contribution in [1.82, 2.24) is 0 Å². The summed E-state index contributed by atoms with van der Waals surface area (Å²) >= 11 is 0. The average molecular weight is 240 g/mol. The Balaban J connectivity index is 2.58. The summed E-state index contributed by atoms with van der Waals surface area (Å²) in [5.41, 5.74) is 0.786. The molecule has 1 rings (SSSR count). The lowest BCUT2D eigenvalue weighted by atomic mass is 10.1. The van der Waals surface area contributed by atoms with Crippen LogP contribution in [0.15, 0.2) is 24.3 Å². The van der Waals surface area contributed by atoms with Crippen molar-refractivity contribution in [3.63, 3.8) is 0 Å². The van der Waals surface area contributed by atoms with E-state index in [-0.39, 0.29) is 11.8 Å². The quantitative estimate of drug-likeness (QED) is 0.828. The maximum atomic E-state index is 11.9. The van der Waals surface area contributed by atoms with Gasteiger partial charge in [0.05, 0.1) is 12.5 Å². The van der Waals surface area contributed by atoms with Gasteiger partial charge in [-0.2, -0.15) is 14.0 Å². The van der Waals surface area contributed by atoms with Crippen LogP contribution in [-0.4, -0.2) is 12.7 Å². The van der Waals surface area contributed by atoms with Crippen molar-refractivity contribution in [3.05, 3.63) is 24.3 Å². The summed E-state index contributed by atoms with van der Waals surface area (Å²) in [4.78, 5) is 0. The van der Waals surface area contributed by atoms with E-state index in [1.54, 1.807) is 12.1 Å². The Labute approximate surface area is 99.0 Å². The van der Waals surface area contributed by atoms with Crippen LogP contribution in [0.1, 0.15) is 19.8 Å². The van der Waals surface area contributed by atoms with Crippen molar-refractivity contribution >= 4 is 5.69 Å². The zero-order chi connectivity index (χ0) is 12.7. The van der Waals surface area contributed by atoms with E-state index < -0.39 is 6.61 Å². The first-order chi connectivity index (χ1) is 8.15. The van der Waals surface area contributed by atoms with Gasteiger partial charge >= 0.3 is 6.61 Å². The largest absolute Gasteiger partial charge is 0.435 e. The minimum atomic E-state index is -2.81. The van der Waals surface area contributed by atoms with E-state index in [9.17, 15) is 8.78 Å². The summed E-state index contributed by atoms with van der Waals surface area (Å²) in [5.74, 6) is 0.124. The predicted molar refractivity (Wildman–Crippen MR) is 61.0 cm³/mol. The van der Waals surface area contributed by atoms with Gasteiger partial charge in [-0.15, -0.1) is 0 Å². The van der Waals surface area contributed by atoms with Gasteiger partial charge in [0.2, 0.25) is 0 Å². The monoisotopic (exact) mass is 240 g/mol. The van der Waals surface area contributed by atoms with Crippen LogP contribution in [0.2, 0.25) is 0 Å². The Kier molecular flexibility index (Phi) is 5.21. The Morgan fingerprint density at radius 3 is 2.47 bits per heavy atom. The van der Waals surface area contributed by atoms with Gasteiger partial charge in [0.25, 0.3) is 0 Å². The molecule has 1 unspecified atom stereocenters. The molecule has 3 nitrogen and oxygen atoms in total. The fraction of sp³-hybridized carbons (Fsp3) is 0.417. The highest BCUT2D eigenvalue weighted by atomic mass is 19.3. The highest BCUT2D eigenvalue weighted by Gasteiger charge is 2.06. The first-order valence-electron chi connectivity index (χ1n) is 5.34. The third kappa shape index (κ3) is 4.68. The molecule has 0 bridgehead atoms. The van der Waals surface area contributed by atoms with E-state index in [0.29, 0.717) is 6.42 Å². The van der Waals surface area contributed by atoms with Gasteiger partial charge in [-0.3, -0.25) is 0 Å². The number of nitrogens with one attached hydrogen (secondary N) is 1. The molecule has 1 atom stereocenters. The zero-order valence-corrected chi connectivity index (χ0v) is 9.49. The van der Waals surface area contributed by atoms with E-state index in [0.717, 1.165) is 12.1 Å². The molecule has 0 aliphatic rings. The number of nitrogens with zero attached hydrogens (tertiary/aromatic N) is 1. The lowest BCUT2D eigenvalue weighted by Gasteiger charge is -2.15. The number of nitriles is 1. The van der Waals surface area contributed by atoms with E-state index in [1.807, 2.05) is 6.92 Å². The molecule has 17 heavy (non-hydrogen) atoms. The third-order valence-electron chi connectivity index (χ3n) is 2.28. The standard InChI is InChI=1S/C12H14F2N2O/c1-2-9(7-8-15)16-10-3-5-11(6-4-10)17-12(13)14/h3-6,9,12,16H,2,7H2,1H3. The first-order valence-corrected chi connectivity index (χ1v) is 5.34. The number of rotatable bonds is 6.